The molecule has 0 saturated heterocycles. The Morgan fingerprint density at radius 2 is 1.64 bits per heavy atom. The Morgan fingerprint density at radius 1 is 1.08 bits per heavy atom. The maximum absolute atomic E-state index is 11.2. The molecule has 1 atom stereocenters. The Morgan fingerprint density at radius 3 is 2.08 bits per heavy atom. The number of amides is 1. The smallest absolute Gasteiger partial charge is 0.512 e. The van der Waals surface area contributed by atoms with Gasteiger partial charge in [-0.25, -0.2) is 0 Å². The van der Waals surface area contributed by atoms with E-state index in [0.29, 0.717) is 11.4 Å². The fourth-order valence-corrected chi connectivity index (χ4v) is 2.91. The fraction of sp³-hybridized carbons (Fsp3) is 0.0714. The number of carbonyl (C=O) groups excluding carboxylic acids is 1. The minimum atomic E-state index is -4.76. The van der Waals surface area contributed by atoms with Crippen LogP contribution in [0.25, 0.3) is 0 Å². The summed E-state index contributed by atoms with van der Waals surface area (Å²) in [7, 11) is -1.73. The summed E-state index contributed by atoms with van der Waals surface area (Å²) in [4.78, 5) is 10.7. The number of rotatable bonds is 5. The van der Waals surface area contributed by atoms with Crippen molar-refractivity contribution in [2.45, 2.75) is 6.92 Å². The predicted molar refractivity (Wildman–Crippen MR) is 90.0 cm³/mol. The summed E-state index contributed by atoms with van der Waals surface area (Å²) in [6.07, 6.45) is 0. The molecule has 25 heavy (non-hydrogen) atoms. The monoisotopic (exact) mass is 413 g/mol. The Labute approximate surface area is 146 Å². The van der Waals surface area contributed by atoms with Gasteiger partial charge in [0.05, 0.1) is 0 Å². The molecule has 0 aromatic heterocycles. The van der Waals surface area contributed by atoms with Crippen LogP contribution in [0.2, 0.25) is 0 Å². The molecular formula is C14H17AsBNO8. The molecule has 2 aromatic rings. The summed E-state index contributed by atoms with van der Waals surface area (Å²) in [5.74, 6) is 0.205. The van der Waals surface area contributed by atoms with E-state index in [1.54, 1.807) is 24.3 Å². The Balaban J connectivity index is 0.000000271. The molecule has 2 aromatic carbocycles. The first-order chi connectivity index (χ1) is 11.7. The molecule has 0 heterocycles. The van der Waals surface area contributed by atoms with E-state index >= 15 is 0 Å². The topological polar surface area (TPSA) is 146 Å². The van der Waals surface area contributed by atoms with Gasteiger partial charge in [-0.15, -0.1) is 0 Å². The number of hydrogen-bond acceptors (Lipinski definition) is 7. The maximum atomic E-state index is 11.2. The van der Waals surface area contributed by atoms with Crippen LogP contribution in [-0.4, -0.2) is 46.8 Å². The summed E-state index contributed by atoms with van der Waals surface area (Å²) in [6, 6.07) is 14.1. The molecule has 2 rings (SSSR count). The molecule has 134 valence electrons. The van der Waals surface area contributed by atoms with Crippen molar-refractivity contribution in [1.29, 1.82) is 0 Å². The van der Waals surface area contributed by atoms with Gasteiger partial charge < -0.3 is 14.7 Å². The first-order valence-electron chi connectivity index (χ1n) is 6.86. The molecule has 11 heteroatoms. The second-order valence-electron chi connectivity index (χ2n) is 4.59. The van der Waals surface area contributed by atoms with Gasteiger partial charge in [-0.05, 0) is 12.1 Å². The molecule has 0 aliphatic carbocycles. The van der Waals surface area contributed by atoms with Crippen LogP contribution in [0.15, 0.2) is 54.6 Å². The van der Waals surface area contributed by atoms with Crippen LogP contribution in [0.1, 0.15) is 6.92 Å². The Bertz CT molecular complexity index is 711. The molecule has 0 spiro atoms. The van der Waals surface area contributed by atoms with Crippen molar-refractivity contribution in [3.63, 3.8) is 0 Å². The van der Waals surface area contributed by atoms with Crippen LogP contribution in [0, 0.1) is 0 Å². The van der Waals surface area contributed by atoms with Crippen molar-refractivity contribution in [1.82, 2.24) is 0 Å². The van der Waals surface area contributed by atoms with Gasteiger partial charge in [0.1, 0.15) is 5.75 Å². The summed E-state index contributed by atoms with van der Waals surface area (Å²) in [5, 5.41) is 27.4. The number of carbonyl (C=O) groups is 1. The number of nitrogens with one attached hydrogen (secondary N) is 1. The average Bonchev–Trinajstić information content (AvgIpc) is 2.56. The third-order valence-corrected chi connectivity index (χ3v) is 5.07. The van der Waals surface area contributed by atoms with Gasteiger partial charge in [0.25, 0.3) is 0 Å². The van der Waals surface area contributed by atoms with Crippen molar-refractivity contribution in [2.24, 2.45) is 0 Å². The summed E-state index contributed by atoms with van der Waals surface area (Å²) >= 11 is -4.76. The molecule has 0 fully saturated rings. The first-order valence-corrected chi connectivity index (χ1v) is 10.2. The third-order valence-electron chi connectivity index (χ3n) is 2.61. The zero-order valence-electron chi connectivity index (χ0n) is 13.1. The molecule has 0 bridgehead atoms. The van der Waals surface area contributed by atoms with Crippen molar-refractivity contribution in [3.05, 3.63) is 54.6 Å². The van der Waals surface area contributed by atoms with E-state index in [4.69, 9.17) is 19.4 Å². The molecule has 0 aliphatic heterocycles. The van der Waals surface area contributed by atoms with Crippen molar-refractivity contribution < 1.29 is 36.5 Å². The quantitative estimate of drug-likeness (QED) is 0.256. The minimum Gasteiger partial charge on any atom is -0.512 e. The van der Waals surface area contributed by atoms with Crippen LogP contribution >= 0.6 is 0 Å². The van der Waals surface area contributed by atoms with E-state index in [9.17, 15) is 8.53 Å². The molecule has 0 saturated carbocycles. The van der Waals surface area contributed by atoms with Crippen LogP contribution in [-0.2, 0) is 12.4 Å². The second kappa shape index (κ2) is 10.0. The zero-order valence-corrected chi connectivity index (χ0v) is 15.0. The second-order valence-corrected chi connectivity index (χ2v) is 8.20. The maximum Gasteiger partial charge on any atom is 0.707 e. The number of benzene rings is 2. The summed E-state index contributed by atoms with van der Waals surface area (Å²) in [6.45, 7) is 1.35. The van der Waals surface area contributed by atoms with E-state index in [-0.39, 0.29) is 10.3 Å². The third kappa shape index (κ3) is 8.04. The van der Waals surface area contributed by atoms with Gasteiger partial charge in [-0.2, -0.15) is 0 Å². The Kier molecular flexibility index (Phi) is 8.43. The molecule has 0 radical (unpaired) electrons. The van der Waals surface area contributed by atoms with Crippen LogP contribution in [0.5, 0.6) is 5.75 Å². The first kappa shape index (κ1) is 21.0. The molecule has 1 amide bonds. The van der Waals surface area contributed by atoms with E-state index < -0.39 is 21.5 Å². The minimum absolute atomic E-state index is 0.00438. The van der Waals surface area contributed by atoms with Gasteiger partial charge >= 0.3 is 95.7 Å². The van der Waals surface area contributed by atoms with Crippen molar-refractivity contribution in [2.75, 3.05) is 5.32 Å². The molecule has 5 N–H and O–H groups in total. The van der Waals surface area contributed by atoms with Gasteiger partial charge in [0.2, 0.25) is 0 Å². The Hall–Kier alpha value is -2.07. The van der Waals surface area contributed by atoms with Crippen LogP contribution in [0.4, 0.5) is 5.69 Å². The van der Waals surface area contributed by atoms with Gasteiger partial charge in [0.15, 0.2) is 0 Å². The normalized spacial score (nSPS) is 12.2. The molecule has 9 nitrogen and oxygen atoms in total. The number of para-hydroxylation sites is 1. The number of anilines is 1. The van der Waals surface area contributed by atoms with Gasteiger partial charge in [-0.1, -0.05) is 18.2 Å². The van der Waals surface area contributed by atoms with Gasteiger partial charge in [-0.3, -0.25) is 0 Å². The standard InChI is InChI=1S/C8H10AsNO5.C6H7BO3/c1-6(11)10-8-4-2-7(3-5-8)9(12,13)15-14;8-7(9)10-6-4-2-1-3-5-6/h2-5,14H,1H3,(H,10,11)(H,12,13);1-5,8-9H. The van der Waals surface area contributed by atoms with Gasteiger partial charge in [0, 0.05) is 0 Å². The zero-order chi connectivity index (χ0) is 18.9. The van der Waals surface area contributed by atoms with Crippen LogP contribution in [0.3, 0.4) is 0 Å². The van der Waals surface area contributed by atoms with E-state index in [0.717, 1.165) is 0 Å². The van der Waals surface area contributed by atoms with E-state index in [2.05, 4.69) is 13.8 Å². The fourth-order valence-electron chi connectivity index (χ4n) is 1.60. The van der Waals surface area contributed by atoms with Crippen LogP contribution < -0.4 is 14.3 Å². The summed E-state index contributed by atoms with van der Waals surface area (Å²) < 4.78 is 28.4. The predicted octanol–water partition coefficient (Wildman–Crippen LogP) is -0.262. The van der Waals surface area contributed by atoms with Crippen molar-refractivity contribution in [3.8, 4) is 5.75 Å². The summed E-state index contributed by atoms with van der Waals surface area (Å²) in [5.41, 5.74) is 0.500. The number of hydrogen-bond donors (Lipinski definition) is 5. The van der Waals surface area contributed by atoms with E-state index in [1.165, 1.54) is 31.2 Å². The molecule has 0 aliphatic rings. The molecule has 1 unspecified atom stereocenters. The van der Waals surface area contributed by atoms with E-state index in [1.807, 2.05) is 6.07 Å². The SMILES string of the molecule is CC(=O)Nc1ccc([As](=O)(O)OO)cc1.OB(O)Oc1ccccc1. The van der Waals surface area contributed by atoms with Crippen molar-refractivity contribution >= 4 is 37.4 Å². The average molecular weight is 413 g/mol. The molecular weight excluding hydrogens is 396 g/mol. The largest absolute Gasteiger partial charge is 0.707 e.